The summed E-state index contributed by atoms with van der Waals surface area (Å²) in [5.41, 5.74) is 2.09. The van der Waals surface area contributed by atoms with Crippen LogP contribution in [0, 0.1) is 3.57 Å². The summed E-state index contributed by atoms with van der Waals surface area (Å²) in [6, 6.07) is 8.29. The molecule has 2 aromatic rings. The molecule has 0 aliphatic rings. The van der Waals surface area contributed by atoms with Gasteiger partial charge < -0.3 is 5.32 Å². The molecule has 0 unspecified atom stereocenters. The van der Waals surface area contributed by atoms with Crippen LogP contribution in [0.1, 0.15) is 19.5 Å². The average Bonchev–Trinajstić information content (AvgIpc) is 2.75. The van der Waals surface area contributed by atoms with Gasteiger partial charge in [0.05, 0.1) is 11.4 Å². The van der Waals surface area contributed by atoms with Gasteiger partial charge in [-0.25, -0.2) is 4.68 Å². The number of nitrogens with one attached hydrogen (secondary N) is 1. The number of hydrogen-bond acceptors (Lipinski definition) is 2. The smallest absolute Gasteiger partial charge is 0.0780 e. The zero-order chi connectivity index (χ0) is 13.1. The second-order valence-electron chi connectivity index (χ2n) is 4.38. The summed E-state index contributed by atoms with van der Waals surface area (Å²) >= 11 is 8.22. The quantitative estimate of drug-likeness (QED) is 0.827. The van der Waals surface area contributed by atoms with E-state index in [4.69, 9.17) is 11.6 Å². The third kappa shape index (κ3) is 3.46. The van der Waals surface area contributed by atoms with E-state index in [0.29, 0.717) is 6.04 Å². The highest BCUT2D eigenvalue weighted by atomic mass is 127. The predicted molar refractivity (Wildman–Crippen MR) is 83.3 cm³/mol. The Bertz CT molecular complexity index is 537. The van der Waals surface area contributed by atoms with Gasteiger partial charge in [-0.1, -0.05) is 25.4 Å². The molecular formula is C13H15ClIN3. The van der Waals surface area contributed by atoms with Crippen molar-refractivity contribution in [2.24, 2.45) is 0 Å². The van der Waals surface area contributed by atoms with E-state index in [-0.39, 0.29) is 0 Å². The highest BCUT2D eigenvalue weighted by Crippen LogP contribution is 2.21. The molecule has 0 fully saturated rings. The van der Waals surface area contributed by atoms with Crippen molar-refractivity contribution >= 4 is 34.2 Å². The lowest BCUT2D eigenvalue weighted by molar-refractivity contribution is 0.578. The summed E-state index contributed by atoms with van der Waals surface area (Å²) in [4.78, 5) is 0. The van der Waals surface area contributed by atoms with Gasteiger partial charge in [0.25, 0.3) is 0 Å². The van der Waals surface area contributed by atoms with E-state index in [0.717, 1.165) is 26.5 Å². The molecule has 0 atom stereocenters. The lowest BCUT2D eigenvalue weighted by Crippen LogP contribution is -2.22. The lowest BCUT2D eigenvalue weighted by atomic mass is 10.3. The Kier molecular flexibility index (Phi) is 4.64. The normalized spacial score (nSPS) is 11.2. The second kappa shape index (κ2) is 6.04. The van der Waals surface area contributed by atoms with Crippen molar-refractivity contribution in [2.45, 2.75) is 26.4 Å². The summed E-state index contributed by atoms with van der Waals surface area (Å²) in [7, 11) is 0. The first-order chi connectivity index (χ1) is 8.56. The van der Waals surface area contributed by atoms with Gasteiger partial charge in [0.15, 0.2) is 0 Å². The van der Waals surface area contributed by atoms with Gasteiger partial charge in [0.2, 0.25) is 0 Å². The van der Waals surface area contributed by atoms with Gasteiger partial charge in [-0.05, 0) is 46.9 Å². The SMILES string of the molecule is CC(C)NCc1ccn(-c2ccc(Cl)cc2I)n1. The molecule has 18 heavy (non-hydrogen) atoms. The van der Waals surface area contributed by atoms with E-state index >= 15 is 0 Å². The first-order valence-corrected chi connectivity index (χ1v) is 7.25. The van der Waals surface area contributed by atoms with Crippen LogP contribution in [0.15, 0.2) is 30.5 Å². The minimum Gasteiger partial charge on any atom is -0.309 e. The van der Waals surface area contributed by atoms with Crippen LogP contribution in [-0.4, -0.2) is 15.8 Å². The highest BCUT2D eigenvalue weighted by molar-refractivity contribution is 14.1. The third-order valence-corrected chi connectivity index (χ3v) is 3.59. The van der Waals surface area contributed by atoms with Crippen molar-refractivity contribution in [3.05, 3.63) is 44.7 Å². The van der Waals surface area contributed by atoms with E-state index in [1.807, 2.05) is 35.1 Å². The molecule has 0 aliphatic heterocycles. The zero-order valence-corrected chi connectivity index (χ0v) is 13.2. The summed E-state index contributed by atoms with van der Waals surface area (Å²) in [6.45, 7) is 5.03. The Morgan fingerprint density at radius 1 is 1.39 bits per heavy atom. The molecule has 3 nitrogen and oxygen atoms in total. The van der Waals surface area contributed by atoms with Gasteiger partial charge in [0.1, 0.15) is 0 Å². The summed E-state index contributed by atoms with van der Waals surface area (Å²) in [5, 5.41) is 8.65. The topological polar surface area (TPSA) is 29.9 Å². The fourth-order valence-electron chi connectivity index (χ4n) is 1.57. The molecule has 0 saturated carbocycles. The molecular weight excluding hydrogens is 361 g/mol. The maximum atomic E-state index is 5.95. The van der Waals surface area contributed by atoms with Crippen molar-refractivity contribution < 1.29 is 0 Å². The number of aromatic nitrogens is 2. The van der Waals surface area contributed by atoms with Crippen LogP contribution in [-0.2, 0) is 6.54 Å². The molecule has 1 N–H and O–H groups in total. The van der Waals surface area contributed by atoms with Crippen LogP contribution in [0.5, 0.6) is 0 Å². The maximum absolute atomic E-state index is 5.95. The van der Waals surface area contributed by atoms with E-state index in [1.54, 1.807) is 0 Å². The fourth-order valence-corrected chi connectivity index (χ4v) is 2.68. The number of hydrogen-bond donors (Lipinski definition) is 1. The van der Waals surface area contributed by atoms with Gasteiger partial charge >= 0.3 is 0 Å². The Hall–Kier alpha value is -0.590. The lowest BCUT2D eigenvalue weighted by Gasteiger charge is -2.06. The van der Waals surface area contributed by atoms with Crippen molar-refractivity contribution in [1.29, 1.82) is 0 Å². The minimum absolute atomic E-state index is 0.464. The van der Waals surface area contributed by atoms with Crippen LogP contribution in [0.3, 0.4) is 0 Å². The van der Waals surface area contributed by atoms with Crippen LogP contribution in [0.4, 0.5) is 0 Å². The minimum atomic E-state index is 0.464. The van der Waals surface area contributed by atoms with Crippen molar-refractivity contribution in [3.8, 4) is 5.69 Å². The van der Waals surface area contributed by atoms with E-state index in [2.05, 4.69) is 46.9 Å². The van der Waals surface area contributed by atoms with Crippen molar-refractivity contribution in [1.82, 2.24) is 15.1 Å². The average molecular weight is 376 g/mol. The predicted octanol–water partition coefficient (Wildman–Crippen LogP) is 3.63. The van der Waals surface area contributed by atoms with E-state index < -0.39 is 0 Å². The monoisotopic (exact) mass is 375 g/mol. The largest absolute Gasteiger partial charge is 0.309 e. The first kappa shape index (κ1) is 13.8. The number of rotatable bonds is 4. The molecule has 1 aromatic heterocycles. The van der Waals surface area contributed by atoms with Crippen molar-refractivity contribution in [3.63, 3.8) is 0 Å². The number of nitrogens with zero attached hydrogens (tertiary/aromatic N) is 2. The Labute approximate surface area is 126 Å². The molecule has 1 aromatic carbocycles. The molecule has 0 bridgehead atoms. The van der Waals surface area contributed by atoms with Crippen LogP contribution < -0.4 is 5.32 Å². The second-order valence-corrected chi connectivity index (χ2v) is 5.98. The Morgan fingerprint density at radius 3 is 2.83 bits per heavy atom. The van der Waals surface area contributed by atoms with Gasteiger partial charge in [-0.3, -0.25) is 0 Å². The van der Waals surface area contributed by atoms with Gasteiger partial charge in [0, 0.05) is 27.4 Å². The molecule has 0 radical (unpaired) electrons. The standard InChI is InChI=1S/C13H15ClIN3/c1-9(2)16-8-11-5-6-18(17-11)13-4-3-10(14)7-12(13)15/h3-7,9,16H,8H2,1-2H3. The van der Waals surface area contributed by atoms with Crippen molar-refractivity contribution in [2.75, 3.05) is 0 Å². The van der Waals surface area contributed by atoms with Crippen LogP contribution in [0.25, 0.3) is 5.69 Å². The van der Waals surface area contributed by atoms with Gasteiger partial charge in [-0.2, -0.15) is 5.10 Å². The molecule has 96 valence electrons. The summed E-state index contributed by atoms with van der Waals surface area (Å²) in [6.07, 6.45) is 1.97. The fraction of sp³-hybridized carbons (Fsp3) is 0.308. The molecule has 0 aliphatic carbocycles. The van der Waals surface area contributed by atoms with E-state index in [1.165, 1.54) is 0 Å². The Balaban J connectivity index is 2.18. The Morgan fingerprint density at radius 2 is 2.17 bits per heavy atom. The summed E-state index contributed by atoms with van der Waals surface area (Å²) in [5.74, 6) is 0. The summed E-state index contributed by atoms with van der Waals surface area (Å²) < 4.78 is 2.97. The molecule has 0 spiro atoms. The first-order valence-electron chi connectivity index (χ1n) is 5.79. The maximum Gasteiger partial charge on any atom is 0.0780 e. The van der Waals surface area contributed by atoms with E-state index in [9.17, 15) is 0 Å². The van der Waals surface area contributed by atoms with Crippen LogP contribution in [0.2, 0.25) is 5.02 Å². The molecule has 0 amide bonds. The third-order valence-electron chi connectivity index (χ3n) is 2.49. The molecule has 0 saturated heterocycles. The molecule has 1 heterocycles. The van der Waals surface area contributed by atoms with Crippen LogP contribution >= 0.6 is 34.2 Å². The molecule has 2 rings (SSSR count). The molecule has 5 heteroatoms. The number of halogens is 2. The highest BCUT2D eigenvalue weighted by Gasteiger charge is 2.05. The van der Waals surface area contributed by atoms with Gasteiger partial charge in [-0.15, -0.1) is 0 Å². The number of benzene rings is 1. The zero-order valence-electron chi connectivity index (χ0n) is 10.3.